The molecule has 1 aliphatic rings. The average molecular weight is 365 g/mol. The van der Waals surface area contributed by atoms with E-state index in [-0.39, 0.29) is 29.4 Å². The standard InChI is InChI=1S/C18H15N5O4/c1-27-15-7-6-10(23(25)26)8-13(15)22-9-14(24)16(17(22)19)18-20-11-4-2-3-5-12(11)21-18/h2-8,19,24H,9H2,1H3,(H,20,21). The van der Waals surface area contributed by atoms with Gasteiger partial charge in [-0.25, -0.2) is 4.98 Å². The number of H-pyrrole nitrogens is 1. The third kappa shape index (κ3) is 2.65. The number of nitro groups is 1. The quantitative estimate of drug-likeness (QED) is 0.481. The second kappa shape index (κ2) is 6.13. The van der Waals surface area contributed by atoms with Crippen molar-refractivity contribution in [1.82, 2.24) is 9.97 Å². The first-order chi connectivity index (χ1) is 13.0. The number of nitro benzene ring substituents is 1. The number of aromatic nitrogens is 2. The zero-order valence-corrected chi connectivity index (χ0v) is 14.3. The number of anilines is 1. The Labute approximate surface area is 153 Å². The molecule has 9 nitrogen and oxygen atoms in total. The van der Waals surface area contributed by atoms with Gasteiger partial charge in [0.2, 0.25) is 0 Å². The largest absolute Gasteiger partial charge is 0.509 e. The molecule has 136 valence electrons. The maximum atomic E-state index is 11.1. The van der Waals surface area contributed by atoms with Gasteiger partial charge in [-0.15, -0.1) is 0 Å². The molecule has 0 fully saturated rings. The lowest BCUT2D eigenvalue weighted by atomic mass is 10.2. The van der Waals surface area contributed by atoms with Crippen LogP contribution >= 0.6 is 0 Å². The monoisotopic (exact) mass is 365 g/mol. The van der Waals surface area contributed by atoms with Gasteiger partial charge in [0.25, 0.3) is 5.69 Å². The van der Waals surface area contributed by atoms with E-state index in [9.17, 15) is 15.2 Å². The summed E-state index contributed by atoms with van der Waals surface area (Å²) in [5.74, 6) is 0.660. The maximum Gasteiger partial charge on any atom is 0.271 e. The molecular formula is C18H15N5O4. The number of rotatable bonds is 4. The second-order valence-electron chi connectivity index (χ2n) is 5.97. The molecule has 0 atom stereocenters. The minimum Gasteiger partial charge on any atom is -0.509 e. The number of methoxy groups -OCH3 is 1. The normalized spacial score (nSPS) is 14.3. The molecule has 2 aromatic carbocycles. The molecule has 0 amide bonds. The van der Waals surface area contributed by atoms with Crippen molar-refractivity contribution in [2.24, 2.45) is 0 Å². The number of fused-ring (bicyclic) bond motifs is 1. The van der Waals surface area contributed by atoms with Crippen LogP contribution in [0.4, 0.5) is 11.4 Å². The lowest BCUT2D eigenvalue weighted by molar-refractivity contribution is -0.384. The SMILES string of the molecule is COc1ccc([N+](=O)[O-])cc1N1CC(O)=C(c2nc3ccccc3[nH]2)C1=N. The van der Waals surface area contributed by atoms with Crippen molar-refractivity contribution >= 4 is 33.8 Å². The number of hydrogen-bond donors (Lipinski definition) is 3. The van der Waals surface area contributed by atoms with Crippen LogP contribution in [0.25, 0.3) is 16.6 Å². The van der Waals surface area contributed by atoms with E-state index in [0.717, 1.165) is 5.52 Å². The van der Waals surface area contributed by atoms with Gasteiger partial charge in [0.1, 0.15) is 23.2 Å². The van der Waals surface area contributed by atoms with Crippen molar-refractivity contribution in [1.29, 1.82) is 5.41 Å². The second-order valence-corrected chi connectivity index (χ2v) is 5.97. The number of aliphatic hydroxyl groups is 1. The molecule has 0 saturated carbocycles. The summed E-state index contributed by atoms with van der Waals surface area (Å²) in [5.41, 5.74) is 1.95. The number of para-hydroxylation sites is 2. The lowest BCUT2D eigenvalue weighted by Crippen LogP contribution is -2.26. The van der Waals surface area contributed by atoms with Crippen molar-refractivity contribution in [2.75, 3.05) is 18.6 Å². The van der Waals surface area contributed by atoms with E-state index in [1.54, 1.807) is 0 Å². The molecule has 1 aromatic heterocycles. The van der Waals surface area contributed by atoms with Gasteiger partial charge in [-0.3, -0.25) is 15.5 Å². The molecule has 0 saturated heterocycles. The number of nitrogens with one attached hydrogen (secondary N) is 2. The fraction of sp³-hybridized carbons (Fsp3) is 0.111. The Hall–Kier alpha value is -3.88. The van der Waals surface area contributed by atoms with Crippen LogP contribution in [-0.4, -0.2) is 39.5 Å². The van der Waals surface area contributed by atoms with E-state index in [4.69, 9.17) is 10.1 Å². The highest BCUT2D eigenvalue weighted by atomic mass is 16.6. The molecule has 0 bridgehead atoms. The molecule has 3 N–H and O–H groups in total. The fourth-order valence-corrected chi connectivity index (χ4v) is 3.11. The first kappa shape index (κ1) is 16.6. The van der Waals surface area contributed by atoms with Crippen LogP contribution < -0.4 is 9.64 Å². The summed E-state index contributed by atoms with van der Waals surface area (Å²) in [7, 11) is 1.44. The summed E-state index contributed by atoms with van der Waals surface area (Å²) in [6, 6.07) is 11.5. The van der Waals surface area contributed by atoms with E-state index in [1.807, 2.05) is 24.3 Å². The number of imidazole rings is 1. The summed E-state index contributed by atoms with van der Waals surface area (Å²) in [4.78, 5) is 19.6. The van der Waals surface area contributed by atoms with Crippen LogP contribution in [0.1, 0.15) is 5.82 Å². The predicted octanol–water partition coefficient (Wildman–Crippen LogP) is 3.25. The summed E-state index contributed by atoms with van der Waals surface area (Å²) in [6.45, 7) is -0.0112. The molecule has 9 heteroatoms. The third-order valence-corrected chi connectivity index (χ3v) is 4.39. The topological polar surface area (TPSA) is 128 Å². The zero-order chi connectivity index (χ0) is 19.1. The van der Waals surface area contributed by atoms with Crippen LogP contribution in [0.5, 0.6) is 5.75 Å². The lowest BCUT2D eigenvalue weighted by Gasteiger charge is -2.20. The van der Waals surface area contributed by atoms with E-state index < -0.39 is 4.92 Å². The molecule has 4 rings (SSSR count). The van der Waals surface area contributed by atoms with Crippen molar-refractivity contribution in [3.05, 3.63) is 64.2 Å². The minimum atomic E-state index is -0.518. The number of amidine groups is 1. The highest BCUT2D eigenvalue weighted by Crippen LogP contribution is 2.37. The smallest absolute Gasteiger partial charge is 0.271 e. The molecule has 0 aliphatic carbocycles. The van der Waals surface area contributed by atoms with Gasteiger partial charge in [-0.1, -0.05) is 12.1 Å². The number of hydrogen-bond acceptors (Lipinski definition) is 6. The van der Waals surface area contributed by atoms with E-state index >= 15 is 0 Å². The fourth-order valence-electron chi connectivity index (χ4n) is 3.11. The highest BCUT2D eigenvalue weighted by Gasteiger charge is 2.33. The number of ether oxygens (including phenoxy) is 1. The number of nitrogens with zero attached hydrogens (tertiary/aromatic N) is 3. The first-order valence-corrected chi connectivity index (χ1v) is 8.05. The molecule has 3 aromatic rings. The summed E-state index contributed by atoms with van der Waals surface area (Å²) < 4.78 is 5.28. The van der Waals surface area contributed by atoms with Crippen molar-refractivity contribution < 1.29 is 14.8 Å². The Morgan fingerprint density at radius 1 is 1.33 bits per heavy atom. The van der Waals surface area contributed by atoms with Gasteiger partial charge < -0.3 is 19.7 Å². The van der Waals surface area contributed by atoms with Crippen LogP contribution in [-0.2, 0) is 0 Å². The number of aliphatic hydroxyl groups excluding tert-OH is 1. The van der Waals surface area contributed by atoms with E-state index in [2.05, 4.69) is 9.97 Å². The Bertz CT molecular complexity index is 1080. The van der Waals surface area contributed by atoms with E-state index in [1.165, 1.54) is 30.2 Å². The maximum absolute atomic E-state index is 11.1. The van der Waals surface area contributed by atoms with E-state index in [0.29, 0.717) is 22.8 Å². The molecule has 0 radical (unpaired) electrons. The predicted molar refractivity (Wildman–Crippen MR) is 100 cm³/mol. The summed E-state index contributed by atoms with van der Waals surface area (Å²) in [5, 5.41) is 30.1. The Morgan fingerprint density at radius 3 is 2.81 bits per heavy atom. The van der Waals surface area contributed by atoms with Gasteiger partial charge >= 0.3 is 0 Å². The number of aromatic amines is 1. The molecule has 2 heterocycles. The summed E-state index contributed by atoms with van der Waals surface area (Å²) >= 11 is 0. The number of benzene rings is 2. The minimum absolute atomic E-state index is 0.0112. The third-order valence-electron chi connectivity index (χ3n) is 4.39. The molecule has 0 unspecified atom stereocenters. The zero-order valence-electron chi connectivity index (χ0n) is 14.3. The van der Waals surface area contributed by atoms with Gasteiger partial charge in [0.15, 0.2) is 0 Å². The Morgan fingerprint density at radius 2 is 2.11 bits per heavy atom. The van der Waals surface area contributed by atoms with Crippen LogP contribution in [0.15, 0.2) is 48.2 Å². The first-order valence-electron chi connectivity index (χ1n) is 8.05. The molecular weight excluding hydrogens is 350 g/mol. The summed E-state index contributed by atoms with van der Waals surface area (Å²) in [6.07, 6.45) is 0. The van der Waals surface area contributed by atoms with Gasteiger partial charge in [-0.2, -0.15) is 0 Å². The van der Waals surface area contributed by atoms with Crippen LogP contribution in [0.3, 0.4) is 0 Å². The van der Waals surface area contributed by atoms with Crippen molar-refractivity contribution in [3.8, 4) is 5.75 Å². The molecule has 1 aliphatic heterocycles. The highest BCUT2D eigenvalue weighted by molar-refractivity contribution is 6.30. The Balaban J connectivity index is 1.76. The molecule has 27 heavy (non-hydrogen) atoms. The van der Waals surface area contributed by atoms with Crippen LogP contribution in [0, 0.1) is 15.5 Å². The van der Waals surface area contributed by atoms with Crippen molar-refractivity contribution in [2.45, 2.75) is 0 Å². The van der Waals surface area contributed by atoms with Gasteiger partial charge in [-0.05, 0) is 18.2 Å². The number of non-ortho nitro benzene ring substituents is 1. The average Bonchev–Trinajstić information content (AvgIpc) is 3.21. The van der Waals surface area contributed by atoms with Crippen LogP contribution in [0.2, 0.25) is 0 Å². The van der Waals surface area contributed by atoms with Gasteiger partial charge in [0.05, 0.1) is 40.9 Å². The Kier molecular flexibility index (Phi) is 3.76. The molecule has 0 spiro atoms. The van der Waals surface area contributed by atoms with Gasteiger partial charge in [0, 0.05) is 12.1 Å². The van der Waals surface area contributed by atoms with Crippen molar-refractivity contribution in [3.63, 3.8) is 0 Å².